The van der Waals surface area contributed by atoms with Crippen LogP contribution in [-0.4, -0.2) is 23.6 Å². The third kappa shape index (κ3) is 5.01. The highest BCUT2D eigenvalue weighted by atomic mass is 19.1. The summed E-state index contributed by atoms with van der Waals surface area (Å²) in [7, 11) is 0. The highest BCUT2D eigenvalue weighted by Crippen LogP contribution is 2.18. The summed E-state index contributed by atoms with van der Waals surface area (Å²) in [6, 6.07) is 13.2. The van der Waals surface area contributed by atoms with E-state index in [2.05, 4.69) is 10.3 Å². The first kappa shape index (κ1) is 18.3. The minimum atomic E-state index is -0.281. The molecule has 1 aliphatic rings. The van der Waals surface area contributed by atoms with Crippen molar-refractivity contribution in [3.8, 4) is 5.75 Å². The molecule has 27 heavy (non-hydrogen) atoms. The Hall–Kier alpha value is -3.47. The van der Waals surface area contributed by atoms with Crippen molar-refractivity contribution in [2.75, 3.05) is 6.54 Å². The third-order valence-corrected chi connectivity index (χ3v) is 4.10. The summed E-state index contributed by atoms with van der Waals surface area (Å²) in [5, 5.41) is 21.2. The summed E-state index contributed by atoms with van der Waals surface area (Å²) < 4.78 is 13.9. The molecule has 0 spiro atoms. The maximum Gasteiger partial charge on any atom is 0.128 e. The van der Waals surface area contributed by atoms with Crippen LogP contribution in [0.25, 0.3) is 5.70 Å². The van der Waals surface area contributed by atoms with Crippen molar-refractivity contribution in [3.63, 3.8) is 0 Å². The molecule has 3 N–H and O–H groups in total. The fourth-order valence-corrected chi connectivity index (χ4v) is 2.61. The van der Waals surface area contributed by atoms with Crippen molar-refractivity contribution >= 4 is 17.6 Å². The highest BCUT2D eigenvalue weighted by molar-refractivity contribution is 6.10. The average molecular weight is 361 g/mol. The number of rotatable bonds is 6. The number of phenolic OH excluding ortho intramolecular Hbond substituents is 1. The molecule has 0 unspecified atom stereocenters. The first-order chi connectivity index (χ1) is 13.1. The van der Waals surface area contributed by atoms with Crippen molar-refractivity contribution in [3.05, 3.63) is 95.4 Å². The van der Waals surface area contributed by atoms with Crippen LogP contribution in [0.1, 0.15) is 11.1 Å². The fraction of sp³-hybridized carbons (Fsp3) is 0.0909. The predicted molar refractivity (Wildman–Crippen MR) is 108 cm³/mol. The van der Waals surface area contributed by atoms with Crippen molar-refractivity contribution in [1.82, 2.24) is 5.32 Å². The fourth-order valence-electron chi connectivity index (χ4n) is 2.61. The molecule has 0 saturated heterocycles. The number of nitrogens with zero attached hydrogens (tertiary/aromatic N) is 1. The maximum atomic E-state index is 13.9. The first-order valence-electron chi connectivity index (χ1n) is 8.56. The lowest BCUT2D eigenvalue weighted by molar-refractivity contribution is 0.475. The van der Waals surface area contributed by atoms with Crippen LogP contribution in [0.4, 0.5) is 4.39 Å². The molecule has 0 aromatic heterocycles. The van der Waals surface area contributed by atoms with Crippen LogP contribution in [0.5, 0.6) is 5.75 Å². The van der Waals surface area contributed by atoms with Gasteiger partial charge in [-0.1, -0.05) is 30.4 Å². The van der Waals surface area contributed by atoms with Crippen LogP contribution in [0.2, 0.25) is 0 Å². The van der Waals surface area contributed by atoms with Gasteiger partial charge in [-0.05, 0) is 53.6 Å². The zero-order valence-electron chi connectivity index (χ0n) is 14.7. The molecule has 0 saturated carbocycles. The molecule has 4 nitrogen and oxygen atoms in total. The number of allylic oxidation sites excluding steroid dienone is 4. The molecule has 2 aromatic carbocycles. The first-order valence-corrected chi connectivity index (χ1v) is 8.56. The molecule has 0 amide bonds. The Bertz CT molecular complexity index is 940. The van der Waals surface area contributed by atoms with E-state index in [-0.39, 0.29) is 18.1 Å². The summed E-state index contributed by atoms with van der Waals surface area (Å²) in [6.45, 7) is 0.711. The highest BCUT2D eigenvalue weighted by Gasteiger charge is 2.09. The largest absolute Gasteiger partial charge is 0.508 e. The van der Waals surface area contributed by atoms with Gasteiger partial charge in [0.15, 0.2) is 0 Å². The standard InChI is InChI=1S/C22H20FN3O/c23-20-7-2-1-5-17(20)15-26-22(16-8-10-19(27)11-9-16)13-21(24)18-6-3-4-12-25-14-18/h1-13,24,26-27H,14-15H2/b22-13-,24-21?. The van der Waals surface area contributed by atoms with Gasteiger partial charge in [-0.3, -0.25) is 4.99 Å². The monoisotopic (exact) mass is 361 g/mol. The maximum absolute atomic E-state index is 13.9. The van der Waals surface area contributed by atoms with E-state index >= 15 is 0 Å². The predicted octanol–water partition coefficient (Wildman–Crippen LogP) is 4.25. The minimum Gasteiger partial charge on any atom is -0.508 e. The smallest absolute Gasteiger partial charge is 0.128 e. The molecule has 0 radical (unpaired) electrons. The quantitative estimate of drug-likeness (QED) is 0.673. The van der Waals surface area contributed by atoms with Crippen molar-refractivity contribution < 1.29 is 9.50 Å². The van der Waals surface area contributed by atoms with Gasteiger partial charge >= 0.3 is 0 Å². The molecule has 3 rings (SSSR count). The lowest BCUT2D eigenvalue weighted by atomic mass is 10.1. The number of benzene rings is 2. The van der Waals surface area contributed by atoms with E-state index in [9.17, 15) is 9.50 Å². The zero-order chi connectivity index (χ0) is 19.1. The SMILES string of the molecule is N=C(/C=C(\NCc1ccccc1F)c1ccc(O)cc1)C1=CC=CC=NC1. The normalized spacial score (nSPS) is 13.8. The van der Waals surface area contributed by atoms with Gasteiger partial charge < -0.3 is 15.8 Å². The zero-order valence-corrected chi connectivity index (χ0v) is 14.7. The van der Waals surface area contributed by atoms with Crippen molar-refractivity contribution in [2.24, 2.45) is 4.99 Å². The van der Waals surface area contributed by atoms with Gasteiger partial charge in [0.1, 0.15) is 11.6 Å². The number of phenols is 1. The van der Waals surface area contributed by atoms with Crippen LogP contribution in [0, 0.1) is 11.2 Å². The van der Waals surface area contributed by atoms with Gasteiger partial charge in [0.25, 0.3) is 0 Å². The molecular weight excluding hydrogens is 341 g/mol. The van der Waals surface area contributed by atoms with E-state index in [0.717, 1.165) is 11.1 Å². The van der Waals surface area contributed by atoms with Crippen molar-refractivity contribution in [2.45, 2.75) is 6.54 Å². The van der Waals surface area contributed by atoms with Crippen LogP contribution in [0.3, 0.4) is 0 Å². The van der Waals surface area contributed by atoms with E-state index in [1.54, 1.807) is 54.8 Å². The second-order valence-corrected chi connectivity index (χ2v) is 6.03. The van der Waals surface area contributed by atoms with Gasteiger partial charge in [-0.2, -0.15) is 0 Å². The minimum absolute atomic E-state index is 0.160. The Kier molecular flexibility index (Phi) is 5.94. The molecular formula is C22H20FN3O. The molecule has 2 aromatic rings. The molecule has 1 aliphatic heterocycles. The van der Waals surface area contributed by atoms with E-state index in [1.165, 1.54) is 6.07 Å². The van der Waals surface area contributed by atoms with Gasteiger partial charge in [-0.25, -0.2) is 4.39 Å². The van der Waals surface area contributed by atoms with Crippen LogP contribution in [-0.2, 0) is 6.54 Å². The molecule has 0 aliphatic carbocycles. The van der Waals surface area contributed by atoms with Gasteiger partial charge in [-0.15, -0.1) is 0 Å². The summed E-state index contributed by atoms with van der Waals surface area (Å²) in [4.78, 5) is 4.22. The summed E-state index contributed by atoms with van der Waals surface area (Å²) in [5.74, 6) is -0.121. The van der Waals surface area contributed by atoms with Crippen LogP contribution < -0.4 is 5.32 Å². The second-order valence-electron chi connectivity index (χ2n) is 6.03. The topological polar surface area (TPSA) is 68.5 Å². The Balaban J connectivity index is 1.87. The average Bonchev–Trinajstić information content (AvgIpc) is 2.96. The van der Waals surface area contributed by atoms with E-state index in [1.807, 2.05) is 18.2 Å². The third-order valence-electron chi connectivity index (χ3n) is 4.10. The summed E-state index contributed by atoms with van der Waals surface area (Å²) in [6.07, 6.45) is 8.94. The van der Waals surface area contributed by atoms with Crippen LogP contribution in [0.15, 0.2) is 83.4 Å². The number of halogens is 1. The van der Waals surface area contributed by atoms with Crippen molar-refractivity contribution in [1.29, 1.82) is 5.41 Å². The van der Waals surface area contributed by atoms with E-state index in [4.69, 9.17) is 5.41 Å². The molecule has 1 heterocycles. The number of nitrogens with one attached hydrogen (secondary N) is 2. The Labute approximate surface area is 157 Å². The number of aromatic hydroxyl groups is 1. The lowest BCUT2D eigenvalue weighted by Gasteiger charge is -2.13. The number of hydrogen-bond acceptors (Lipinski definition) is 4. The van der Waals surface area contributed by atoms with Gasteiger partial charge in [0.05, 0.1) is 12.3 Å². The second kappa shape index (κ2) is 8.76. The summed E-state index contributed by atoms with van der Waals surface area (Å²) in [5.41, 5.74) is 3.10. The molecule has 136 valence electrons. The van der Waals surface area contributed by atoms with E-state index in [0.29, 0.717) is 23.5 Å². The number of aliphatic imine (C=N–C) groups is 1. The van der Waals surface area contributed by atoms with Gasteiger partial charge in [0.2, 0.25) is 0 Å². The molecule has 0 fully saturated rings. The van der Waals surface area contributed by atoms with E-state index < -0.39 is 0 Å². The lowest BCUT2D eigenvalue weighted by Crippen LogP contribution is -2.15. The molecule has 0 atom stereocenters. The van der Waals surface area contributed by atoms with Crippen LogP contribution >= 0.6 is 0 Å². The Morgan fingerprint density at radius 3 is 2.70 bits per heavy atom. The Morgan fingerprint density at radius 1 is 1.15 bits per heavy atom. The number of hydrogen-bond donors (Lipinski definition) is 3. The summed E-state index contributed by atoms with van der Waals surface area (Å²) >= 11 is 0. The van der Waals surface area contributed by atoms with Gasteiger partial charge in [0, 0.05) is 24.0 Å². The molecule has 0 bridgehead atoms. The molecule has 5 heteroatoms. The Morgan fingerprint density at radius 2 is 1.93 bits per heavy atom.